The Hall–Kier alpha value is -1.81. The van der Waals surface area contributed by atoms with Crippen molar-refractivity contribution in [3.05, 3.63) is 23.3 Å². The summed E-state index contributed by atoms with van der Waals surface area (Å²) in [4.78, 5) is 0.421. The minimum Gasteiger partial charge on any atom is -0.397 e. The Kier molecular flexibility index (Phi) is 5.02. The van der Waals surface area contributed by atoms with E-state index in [-0.39, 0.29) is 12.1 Å². The standard InChI is InChI=1S/C12H11F9N2/c1-2-23(5-10(13,14)15)9-4-7(12(19,20)21)6(3-8(9)22)11(16,17)18/h3-4H,2,5,22H2,1H3. The van der Waals surface area contributed by atoms with Gasteiger partial charge in [-0.3, -0.25) is 0 Å². The Bertz CT molecular complexity index is 557. The van der Waals surface area contributed by atoms with E-state index in [0.29, 0.717) is 4.90 Å². The third-order valence-corrected chi connectivity index (χ3v) is 2.87. The van der Waals surface area contributed by atoms with Crippen LogP contribution in [0.15, 0.2) is 12.1 Å². The van der Waals surface area contributed by atoms with E-state index < -0.39 is 54.1 Å². The molecule has 1 aromatic carbocycles. The van der Waals surface area contributed by atoms with Gasteiger partial charge in [-0.05, 0) is 19.1 Å². The number of halogens is 9. The zero-order chi connectivity index (χ0) is 18.2. The molecule has 0 amide bonds. The molecule has 0 heterocycles. The normalized spacial score (nSPS) is 13.3. The molecule has 0 aliphatic heterocycles. The molecule has 0 aromatic heterocycles. The first-order valence-electron chi connectivity index (χ1n) is 6.06. The first-order chi connectivity index (χ1) is 10.2. The van der Waals surface area contributed by atoms with Gasteiger partial charge < -0.3 is 10.6 Å². The monoisotopic (exact) mass is 354 g/mol. The number of rotatable bonds is 3. The van der Waals surface area contributed by atoms with Gasteiger partial charge in [-0.1, -0.05) is 0 Å². The topological polar surface area (TPSA) is 29.3 Å². The highest BCUT2D eigenvalue weighted by Gasteiger charge is 2.44. The Labute approximate surface area is 124 Å². The molecule has 2 nitrogen and oxygen atoms in total. The Morgan fingerprint density at radius 2 is 1.30 bits per heavy atom. The van der Waals surface area contributed by atoms with E-state index in [1.807, 2.05) is 0 Å². The first-order valence-corrected chi connectivity index (χ1v) is 6.06. The van der Waals surface area contributed by atoms with Gasteiger partial charge in [-0.25, -0.2) is 0 Å². The second-order valence-electron chi connectivity index (χ2n) is 4.58. The molecule has 0 saturated carbocycles. The quantitative estimate of drug-likeness (QED) is 0.630. The zero-order valence-electron chi connectivity index (χ0n) is 11.5. The predicted octanol–water partition coefficient (Wildman–Crippen LogP) is 4.70. The predicted molar refractivity (Wildman–Crippen MR) is 64.8 cm³/mol. The SMILES string of the molecule is CCN(CC(F)(F)F)c1cc(C(F)(F)F)c(C(F)(F)F)cc1N. The molecule has 0 aliphatic rings. The van der Waals surface area contributed by atoms with Crippen molar-refractivity contribution in [2.75, 3.05) is 23.7 Å². The highest BCUT2D eigenvalue weighted by molar-refractivity contribution is 5.71. The fourth-order valence-corrected chi connectivity index (χ4v) is 1.93. The molecule has 0 unspecified atom stereocenters. The van der Waals surface area contributed by atoms with Gasteiger partial charge in [0.15, 0.2) is 0 Å². The molecule has 1 aromatic rings. The maximum atomic E-state index is 12.8. The van der Waals surface area contributed by atoms with Crippen molar-refractivity contribution in [3.8, 4) is 0 Å². The van der Waals surface area contributed by atoms with Crippen LogP contribution < -0.4 is 10.6 Å². The van der Waals surface area contributed by atoms with Crippen molar-refractivity contribution in [1.29, 1.82) is 0 Å². The molecule has 0 saturated heterocycles. The van der Waals surface area contributed by atoms with Gasteiger partial charge in [0.25, 0.3) is 0 Å². The van der Waals surface area contributed by atoms with Crippen LogP contribution >= 0.6 is 0 Å². The Balaban J connectivity index is 3.52. The van der Waals surface area contributed by atoms with Crippen molar-refractivity contribution < 1.29 is 39.5 Å². The third kappa shape index (κ3) is 4.83. The Morgan fingerprint density at radius 3 is 1.65 bits per heavy atom. The lowest BCUT2D eigenvalue weighted by Gasteiger charge is -2.27. The second-order valence-corrected chi connectivity index (χ2v) is 4.58. The maximum absolute atomic E-state index is 12.8. The number of alkyl halides is 9. The summed E-state index contributed by atoms with van der Waals surface area (Å²) in [5.74, 6) is 0. The molecule has 2 N–H and O–H groups in total. The van der Waals surface area contributed by atoms with Gasteiger partial charge in [0.2, 0.25) is 0 Å². The molecule has 23 heavy (non-hydrogen) atoms. The summed E-state index contributed by atoms with van der Waals surface area (Å²) in [6, 6.07) is -0.00934. The van der Waals surface area contributed by atoms with E-state index in [0.717, 1.165) is 0 Å². The van der Waals surface area contributed by atoms with Crippen molar-refractivity contribution in [3.63, 3.8) is 0 Å². The number of hydrogen-bond donors (Lipinski definition) is 1. The lowest BCUT2D eigenvalue weighted by molar-refractivity contribution is -0.162. The van der Waals surface area contributed by atoms with Gasteiger partial charge in [-0.2, -0.15) is 39.5 Å². The largest absolute Gasteiger partial charge is 0.417 e. The number of nitrogen functional groups attached to an aromatic ring is 1. The van der Waals surface area contributed by atoms with Crippen molar-refractivity contribution in [2.45, 2.75) is 25.5 Å². The van der Waals surface area contributed by atoms with Gasteiger partial charge in [-0.15, -0.1) is 0 Å². The van der Waals surface area contributed by atoms with Crippen LogP contribution in [0.5, 0.6) is 0 Å². The summed E-state index contributed by atoms with van der Waals surface area (Å²) < 4.78 is 114. The minimum atomic E-state index is -5.40. The van der Waals surface area contributed by atoms with Crippen LogP contribution in [0.4, 0.5) is 50.9 Å². The summed E-state index contributed by atoms with van der Waals surface area (Å²) in [6.45, 7) is -0.834. The minimum absolute atomic E-state index is 0.00279. The second kappa shape index (κ2) is 6.00. The number of anilines is 2. The molecule has 0 fully saturated rings. The van der Waals surface area contributed by atoms with Crippen molar-refractivity contribution in [1.82, 2.24) is 0 Å². The summed E-state index contributed by atoms with van der Waals surface area (Å²) in [5.41, 5.74) is -0.468. The number of nitrogens with two attached hydrogens (primary N) is 1. The molecule has 132 valence electrons. The van der Waals surface area contributed by atoms with Crippen LogP contribution in [-0.2, 0) is 12.4 Å². The molecule has 0 aliphatic carbocycles. The lowest BCUT2D eigenvalue weighted by Crippen LogP contribution is -2.35. The number of benzene rings is 1. The van der Waals surface area contributed by atoms with Crippen LogP contribution in [0, 0.1) is 0 Å². The molecule has 0 atom stereocenters. The van der Waals surface area contributed by atoms with Gasteiger partial charge in [0, 0.05) is 6.54 Å². The van der Waals surface area contributed by atoms with Crippen LogP contribution in [0.2, 0.25) is 0 Å². The maximum Gasteiger partial charge on any atom is 0.417 e. The van der Waals surface area contributed by atoms with Gasteiger partial charge in [0.1, 0.15) is 6.54 Å². The number of hydrogen-bond acceptors (Lipinski definition) is 2. The highest BCUT2D eigenvalue weighted by Crippen LogP contribution is 2.44. The van der Waals surface area contributed by atoms with E-state index in [4.69, 9.17) is 5.73 Å². The number of nitrogens with zero attached hydrogens (tertiary/aromatic N) is 1. The van der Waals surface area contributed by atoms with Crippen molar-refractivity contribution >= 4 is 11.4 Å². The molecular weight excluding hydrogens is 343 g/mol. The average Bonchev–Trinajstić information content (AvgIpc) is 2.32. The first kappa shape index (κ1) is 19.2. The van der Waals surface area contributed by atoms with E-state index in [9.17, 15) is 39.5 Å². The summed E-state index contributed by atoms with van der Waals surface area (Å²) >= 11 is 0. The highest BCUT2D eigenvalue weighted by atomic mass is 19.4. The molecule has 0 spiro atoms. The molecule has 11 heteroatoms. The fourth-order valence-electron chi connectivity index (χ4n) is 1.93. The van der Waals surface area contributed by atoms with Crippen molar-refractivity contribution in [2.24, 2.45) is 0 Å². The van der Waals surface area contributed by atoms with E-state index >= 15 is 0 Å². The smallest absolute Gasteiger partial charge is 0.397 e. The zero-order valence-corrected chi connectivity index (χ0v) is 11.5. The molecule has 0 radical (unpaired) electrons. The third-order valence-electron chi connectivity index (χ3n) is 2.87. The summed E-state index contributed by atoms with van der Waals surface area (Å²) in [6.07, 6.45) is -15.5. The van der Waals surface area contributed by atoms with Gasteiger partial charge >= 0.3 is 18.5 Å². The molecule has 1 rings (SSSR count). The van der Waals surface area contributed by atoms with Crippen LogP contribution in [0.3, 0.4) is 0 Å². The van der Waals surface area contributed by atoms with Crippen LogP contribution in [0.1, 0.15) is 18.1 Å². The molecular formula is C12H11F9N2. The van der Waals surface area contributed by atoms with Crippen LogP contribution in [0.25, 0.3) is 0 Å². The fraction of sp³-hybridized carbons (Fsp3) is 0.500. The summed E-state index contributed by atoms with van der Waals surface area (Å²) in [7, 11) is 0. The van der Waals surface area contributed by atoms with Gasteiger partial charge in [0.05, 0.1) is 22.5 Å². The summed E-state index contributed by atoms with van der Waals surface area (Å²) in [5, 5.41) is 0. The van der Waals surface area contributed by atoms with Crippen LogP contribution in [-0.4, -0.2) is 19.3 Å². The van der Waals surface area contributed by atoms with E-state index in [2.05, 4.69) is 0 Å². The average molecular weight is 354 g/mol. The van der Waals surface area contributed by atoms with E-state index in [1.165, 1.54) is 6.92 Å². The molecule has 0 bridgehead atoms. The Morgan fingerprint density at radius 1 is 0.870 bits per heavy atom. The van der Waals surface area contributed by atoms with E-state index in [1.54, 1.807) is 0 Å². The lowest BCUT2D eigenvalue weighted by atomic mass is 10.0.